The lowest BCUT2D eigenvalue weighted by molar-refractivity contribution is -0.131. The van der Waals surface area contributed by atoms with Gasteiger partial charge in [-0.1, -0.05) is 49.4 Å². The summed E-state index contributed by atoms with van der Waals surface area (Å²) in [7, 11) is 0. The molecule has 0 bridgehead atoms. The second kappa shape index (κ2) is 7.60. The number of amides is 1. The molecule has 3 rings (SSSR count). The molecule has 1 heterocycles. The Morgan fingerprint density at radius 3 is 2.61 bits per heavy atom. The molecule has 1 aliphatic rings. The third-order valence-corrected chi connectivity index (χ3v) is 4.82. The highest BCUT2D eigenvalue weighted by atomic mass is 16.2. The molecule has 122 valence electrons. The molecule has 0 atom stereocenters. The minimum Gasteiger partial charge on any atom is -0.342 e. The monoisotopic (exact) mass is 310 g/mol. The normalized spacial score (nSPS) is 16.0. The van der Waals surface area contributed by atoms with E-state index in [0.29, 0.717) is 6.42 Å². The lowest BCUT2D eigenvalue weighted by Crippen LogP contribution is -2.41. The minimum absolute atomic E-state index is 0.266. The number of piperidine rings is 1. The van der Waals surface area contributed by atoms with Crippen LogP contribution < -0.4 is 5.32 Å². The maximum absolute atomic E-state index is 12.5. The number of hydrogen-bond donors (Lipinski definition) is 1. The summed E-state index contributed by atoms with van der Waals surface area (Å²) in [5.41, 5.74) is 1.11. The highest BCUT2D eigenvalue weighted by molar-refractivity contribution is 5.85. The van der Waals surface area contributed by atoms with Gasteiger partial charge in [-0.25, -0.2) is 0 Å². The molecule has 0 aliphatic carbocycles. The van der Waals surface area contributed by atoms with E-state index in [0.717, 1.165) is 50.5 Å². The largest absolute Gasteiger partial charge is 0.342 e. The fourth-order valence-electron chi connectivity index (χ4n) is 3.37. The van der Waals surface area contributed by atoms with Gasteiger partial charge in [0.2, 0.25) is 5.91 Å². The molecular formula is C20H26N2O. The first kappa shape index (κ1) is 16.0. The number of benzene rings is 2. The van der Waals surface area contributed by atoms with Gasteiger partial charge in [0.05, 0.1) is 6.42 Å². The summed E-state index contributed by atoms with van der Waals surface area (Å²) in [6.45, 7) is 6.07. The summed E-state index contributed by atoms with van der Waals surface area (Å²) < 4.78 is 0. The predicted molar refractivity (Wildman–Crippen MR) is 95.5 cm³/mol. The second-order valence-corrected chi connectivity index (χ2v) is 6.49. The third kappa shape index (κ3) is 4.11. The van der Waals surface area contributed by atoms with Crippen molar-refractivity contribution in [1.29, 1.82) is 0 Å². The fraction of sp³-hybridized carbons (Fsp3) is 0.450. The molecule has 1 saturated heterocycles. The summed E-state index contributed by atoms with van der Waals surface area (Å²) in [4.78, 5) is 14.6. The molecular weight excluding hydrogens is 284 g/mol. The fourth-order valence-corrected chi connectivity index (χ4v) is 3.37. The number of nitrogens with one attached hydrogen (secondary N) is 1. The molecule has 0 radical (unpaired) electrons. The van der Waals surface area contributed by atoms with E-state index in [9.17, 15) is 4.79 Å². The Hall–Kier alpha value is -1.87. The molecule has 1 amide bonds. The summed E-state index contributed by atoms with van der Waals surface area (Å²) >= 11 is 0. The van der Waals surface area contributed by atoms with Crippen LogP contribution in [0, 0.1) is 5.92 Å². The zero-order chi connectivity index (χ0) is 16.1. The summed E-state index contributed by atoms with van der Waals surface area (Å²) in [5.74, 6) is 0.988. The van der Waals surface area contributed by atoms with Crippen molar-refractivity contribution in [3.05, 3.63) is 48.0 Å². The summed E-state index contributed by atoms with van der Waals surface area (Å²) in [5, 5.41) is 5.86. The molecule has 2 aromatic rings. The van der Waals surface area contributed by atoms with E-state index in [1.807, 2.05) is 17.0 Å². The first-order chi connectivity index (χ1) is 11.3. The van der Waals surface area contributed by atoms with Crippen molar-refractivity contribution in [3.63, 3.8) is 0 Å². The Kier molecular flexibility index (Phi) is 5.29. The Balaban J connectivity index is 1.56. The highest BCUT2D eigenvalue weighted by Crippen LogP contribution is 2.19. The van der Waals surface area contributed by atoms with Crippen LogP contribution in [-0.2, 0) is 11.2 Å². The van der Waals surface area contributed by atoms with Gasteiger partial charge in [-0.15, -0.1) is 0 Å². The van der Waals surface area contributed by atoms with Gasteiger partial charge in [-0.2, -0.15) is 0 Å². The van der Waals surface area contributed by atoms with Crippen LogP contribution in [0.5, 0.6) is 0 Å². The molecule has 3 nitrogen and oxygen atoms in total. The molecule has 0 unspecified atom stereocenters. The van der Waals surface area contributed by atoms with E-state index in [4.69, 9.17) is 0 Å². The molecule has 3 heteroatoms. The standard InChI is InChI=1S/C20H26N2O/c1-2-21-15-16-9-11-22(12-10-16)20(23)14-17-7-8-18-5-3-4-6-19(18)13-17/h3-8,13,16,21H,2,9-12,14-15H2,1H3. The van der Waals surface area contributed by atoms with Crippen LogP contribution in [0.4, 0.5) is 0 Å². The van der Waals surface area contributed by atoms with Crippen LogP contribution in [0.2, 0.25) is 0 Å². The number of carbonyl (C=O) groups excluding carboxylic acids is 1. The molecule has 0 saturated carbocycles. The number of rotatable bonds is 5. The summed E-state index contributed by atoms with van der Waals surface area (Å²) in [6.07, 6.45) is 2.76. The van der Waals surface area contributed by atoms with Crippen molar-refractivity contribution in [1.82, 2.24) is 10.2 Å². The number of likely N-dealkylation sites (tertiary alicyclic amines) is 1. The Labute approximate surface area is 138 Å². The van der Waals surface area contributed by atoms with Crippen molar-refractivity contribution < 1.29 is 4.79 Å². The number of nitrogens with zero attached hydrogens (tertiary/aromatic N) is 1. The Morgan fingerprint density at radius 1 is 1.13 bits per heavy atom. The zero-order valence-corrected chi connectivity index (χ0v) is 13.9. The van der Waals surface area contributed by atoms with Crippen molar-refractivity contribution in [2.75, 3.05) is 26.2 Å². The van der Waals surface area contributed by atoms with Crippen LogP contribution in [0.3, 0.4) is 0 Å². The van der Waals surface area contributed by atoms with Crippen molar-refractivity contribution >= 4 is 16.7 Å². The van der Waals surface area contributed by atoms with Crippen LogP contribution in [-0.4, -0.2) is 37.0 Å². The van der Waals surface area contributed by atoms with Crippen molar-refractivity contribution in [3.8, 4) is 0 Å². The van der Waals surface area contributed by atoms with Gasteiger partial charge in [-0.3, -0.25) is 4.79 Å². The summed E-state index contributed by atoms with van der Waals surface area (Å²) in [6, 6.07) is 14.6. The first-order valence-electron chi connectivity index (χ1n) is 8.72. The minimum atomic E-state index is 0.266. The van der Waals surface area contributed by atoms with E-state index in [1.54, 1.807) is 0 Å². The number of hydrogen-bond acceptors (Lipinski definition) is 2. The van der Waals surface area contributed by atoms with Crippen LogP contribution in [0.15, 0.2) is 42.5 Å². The maximum Gasteiger partial charge on any atom is 0.226 e. The maximum atomic E-state index is 12.5. The molecule has 0 aromatic heterocycles. The van der Waals surface area contributed by atoms with Gasteiger partial charge >= 0.3 is 0 Å². The van der Waals surface area contributed by atoms with Crippen LogP contribution in [0.25, 0.3) is 10.8 Å². The lowest BCUT2D eigenvalue weighted by atomic mass is 9.96. The van der Waals surface area contributed by atoms with Gasteiger partial charge in [-0.05, 0) is 48.2 Å². The van der Waals surface area contributed by atoms with Crippen molar-refractivity contribution in [2.24, 2.45) is 5.92 Å². The van der Waals surface area contributed by atoms with Gasteiger partial charge < -0.3 is 10.2 Å². The topological polar surface area (TPSA) is 32.3 Å². The molecule has 1 aliphatic heterocycles. The van der Waals surface area contributed by atoms with E-state index in [1.165, 1.54) is 10.8 Å². The first-order valence-corrected chi connectivity index (χ1v) is 8.72. The van der Waals surface area contributed by atoms with E-state index < -0.39 is 0 Å². The van der Waals surface area contributed by atoms with Gasteiger partial charge in [0.15, 0.2) is 0 Å². The van der Waals surface area contributed by atoms with Crippen LogP contribution >= 0.6 is 0 Å². The van der Waals surface area contributed by atoms with Gasteiger partial charge in [0.25, 0.3) is 0 Å². The van der Waals surface area contributed by atoms with Crippen LogP contribution in [0.1, 0.15) is 25.3 Å². The molecule has 2 aromatic carbocycles. The smallest absolute Gasteiger partial charge is 0.226 e. The van der Waals surface area contributed by atoms with E-state index >= 15 is 0 Å². The van der Waals surface area contributed by atoms with E-state index in [-0.39, 0.29) is 5.91 Å². The van der Waals surface area contributed by atoms with Gasteiger partial charge in [0.1, 0.15) is 0 Å². The Bertz CT molecular complexity index is 659. The zero-order valence-electron chi connectivity index (χ0n) is 13.9. The quantitative estimate of drug-likeness (QED) is 0.919. The third-order valence-electron chi connectivity index (χ3n) is 4.82. The van der Waals surface area contributed by atoms with Gasteiger partial charge in [0, 0.05) is 13.1 Å². The molecule has 23 heavy (non-hydrogen) atoms. The predicted octanol–water partition coefficient (Wildman–Crippen LogP) is 3.23. The number of carbonyl (C=O) groups is 1. The second-order valence-electron chi connectivity index (χ2n) is 6.49. The van der Waals surface area contributed by atoms with E-state index in [2.05, 4.69) is 42.6 Å². The lowest BCUT2D eigenvalue weighted by Gasteiger charge is -2.32. The average molecular weight is 310 g/mol. The Morgan fingerprint density at radius 2 is 1.87 bits per heavy atom. The van der Waals surface area contributed by atoms with Crippen molar-refractivity contribution in [2.45, 2.75) is 26.2 Å². The molecule has 1 fully saturated rings. The number of fused-ring (bicyclic) bond motifs is 1. The molecule has 0 spiro atoms. The average Bonchev–Trinajstić information content (AvgIpc) is 2.60. The molecule has 1 N–H and O–H groups in total. The highest BCUT2D eigenvalue weighted by Gasteiger charge is 2.22. The SMILES string of the molecule is CCNCC1CCN(C(=O)Cc2ccc3ccccc3c2)CC1.